The molecule has 1 N–H and O–H groups in total. The van der Waals surface area contributed by atoms with E-state index in [2.05, 4.69) is 21.2 Å². The van der Waals surface area contributed by atoms with E-state index in [4.69, 9.17) is 9.47 Å². The Labute approximate surface area is 151 Å². The third kappa shape index (κ3) is 4.42. The average Bonchev–Trinajstić information content (AvgIpc) is 2.60. The summed E-state index contributed by atoms with van der Waals surface area (Å²) in [7, 11) is 0. The van der Waals surface area contributed by atoms with Gasteiger partial charge in [-0.2, -0.15) is 0 Å². The number of hydrogen-bond donors (Lipinski definition) is 1. The number of ether oxygens (including phenoxy) is 2. The van der Waals surface area contributed by atoms with E-state index in [1.54, 1.807) is 12.1 Å². The van der Waals surface area contributed by atoms with Crippen molar-refractivity contribution in [1.82, 2.24) is 5.32 Å². The van der Waals surface area contributed by atoms with Crippen molar-refractivity contribution in [2.45, 2.75) is 11.4 Å². The third-order valence-corrected chi connectivity index (χ3v) is 4.85. The first kappa shape index (κ1) is 17.1. The minimum absolute atomic E-state index is 0.158. The molecular weight excluding hydrogens is 397 g/mol. The molecule has 1 heterocycles. The second-order valence-corrected chi connectivity index (χ2v) is 7.07. The summed E-state index contributed by atoms with van der Waals surface area (Å²) in [5, 5.41) is 2.72. The Bertz CT molecular complexity index is 757. The van der Waals surface area contributed by atoms with Crippen LogP contribution in [0.15, 0.2) is 45.8 Å². The van der Waals surface area contributed by atoms with Crippen LogP contribution >= 0.6 is 27.7 Å². The summed E-state index contributed by atoms with van der Waals surface area (Å²) in [5.74, 6) is 1.17. The molecule has 126 valence electrons. The fourth-order valence-corrected chi connectivity index (χ4v) is 3.35. The summed E-state index contributed by atoms with van der Waals surface area (Å²) in [6.07, 6.45) is 0. The lowest BCUT2D eigenvalue weighted by Gasteiger charge is -2.18. The van der Waals surface area contributed by atoms with Crippen LogP contribution in [-0.4, -0.2) is 24.9 Å². The molecule has 1 aliphatic rings. The van der Waals surface area contributed by atoms with E-state index in [1.807, 2.05) is 18.2 Å². The predicted molar refractivity (Wildman–Crippen MR) is 94.1 cm³/mol. The highest BCUT2D eigenvalue weighted by Gasteiger charge is 2.13. The second-order valence-electron chi connectivity index (χ2n) is 5.11. The molecule has 24 heavy (non-hydrogen) atoms. The normalized spacial score (nSPS) is 12.8. The molecule has 0 saturated heterocycles. The summed E-state index contributed by atoms with van der Waals surface area (Å²) in [6.45, 7) is 1.24. The Kier molecular flexibility index (Phi) is 5.63. The Morgan fingerprint density at radius 1 is 1.17 bits per heavy atom. The maximum Gasteiger partial charge on any atom is 0.230 e. The van der Waals surface area contributed by atoms with Crippen LogP contribution in [0.4, 0.5) is 4.39 Å². The molecule has 0 radical (unpaired) electrons. The smallest absolute Gasteiger partial charge is 0.230 e. The number of nitrogens with one attached hydrogen (secondary N) is 1. The van der Waals surface area contributed by atoms with Gasteiger partial charge in [-0.1, -0.05) is 15.9 Å². The van der Waals surface area contributed by atoms with Gasteiger partial charge >= 0.3 is 0 Å². The van der Waals surface area contributed by atoms with Crippen LogP contribution in [0.5, 0.6) is 11.5 Å². The van der Waals surface area contributed by atoms with E-state index in [9.17, 15) is 9.18 Å². The molecule has 2 aromatic rings. The van der Waals surface area contributed by atoms with Crippen LogP contribution in [0.1, 0.15) is 5.56 Å². The monoisotopic (exact) mass is 411 g/mol. The molecule has 0 saturated carbocycles. The average molecular weight is 412 g/mol. The molecule has 0 bridgehead atoms. The summed E-state index contributed by atoms with van der Waals surface area (Å²) in [4.78, 5) is 12.9. The van der Waals surface area contributed by atoms with Crippen LogP contribution in [0.3, 0.4) is 0 Å². The van der Waals surface area contributed by atoms with Crippen molar-refractivity contribution in [3.8, 4) is 11.5 Å². The van der Waals surface area contributed by atoms with Crippen LogP contribution in [0, 0.1) is 5.82 Å². The molecule has 0 aromatic heterocycles. The molecule has 0 atom stereocenters. The molecule has 1 aliphatic heterocycles. The Morgan fingerprint density at radius 3 is 2.79 bits per heavy atom. The number of carbonyl (C=O) groups excluding carboxylic acids is 1. The zero-order valence-corrected chi connectivity index (χ0v) is 15.1. The van der Waals surface area contributed by atoms with Gasteiger partial charge in [0.2, 0.25) is 5.91 Å². The van der Waals surface area contributed by atoms with E-state index < -0.39 is 0 Å². The molecule has 4 nitrogen and oxygen atoms in total. The van der Waals surface area contributed by atoms with E-state index >= 15 is 0 Å². The highest BCUT2D eigenvalue weighted by molar-refractivity contribution is 9.10. The maximum absolute atomic E-state index is 13.6. The number of fused-ring (bicyclic) bond motifs is 1. The van der Waals surface area contributed by atoms with Crippen LogP contribution in [0.25, 0.3) is 0 Å². The van der Waals surface area contributed by atoms with E-state index in [1.165, 1.54) is 17.8 Å². The molecule has 0 unspecified atom stereocenters. The lowest BCUT2D eigenvalue weighted by molar-refractivity contribution is -0.118. The summed E-state index contributed by atoms with van der Waals surface area (Å²) < 4.78 is 25.4. The minimum atomic E-state index is -0.335. The van der Waals surface area contributed by atoms with Crippen LogP contribution < -0.4 is 14.8 Å². The Morgan fingerprint density at radius 2 is 1.96 bits per heavy atom. The number of carbonyl (C=O) groups is 1. The first-order chi connectivity index (χ1) is 11.6. The molecule has 0 fully saturated rings. The molecule has 0 spiro atoms. The number of rotatable bonds is 5. The highest BCUT2D eigenvalue weighted by atomic mass is 79.9. The molecule has 0 aliphatic carbocycles. The summed E-state index contributed by atoms with van der Waals surface area (Å²) >= 11 is 4.68. The topological polar surface area (TPSA) is 47.6 Å². The van der Waals surface area contributed by atoms with E-state index in [-0.39, 0.29) is 24.0 Å². The number of amides is 1. The SMILES string of the molecule is O=C(CSc1ccc2c(c1)OCCO2)NCc1cc(Br)ccc1F. The molecule has 2 aromatic carbocycles. The van der Waals surface area contributed by atoms with Crippen molar-refractivity contribution < 1.29 is 18.7 Å². The second kappa shape index (κ2) is 7.90. The fraction of sp³-hybridized carbons (Fsp3) is 0.235. The first-order valence-corrected chi connectivity index (χ1v) is 9.13. The van der Waals surface area contributed by atoms with E-state index in [0.717, 1.165) is 15.1 Å². The number of hydrogen-bond acceptors (Lipinski definition) is 4. The Balaban J connectivity index is 1.51. The third-order valence-electron chi connectivity index (χ3n) is 3.37. The quantitative estimate of drug-likeness (QED) is 0.760. The zero-order valence-electron chi connectivity index (χ0n) is 12.7. The molecule has 3 rings (SSSR count). The van der Waals surface area contributed by atoms with Gasteiger partial charge in [-0.05, 0) is 36.4 Å². The standard InChI is InChI=1S/C17H15BrFNO3S/c18-12-1-3-14(19)11(7-12)9-20-17(21)10-24-13-2-4-15-16(8-13)23-6-5-22-15/h1-4,7-8H,5-6,9-10H2,(H,20,21). The van der Waals surface area contributed by atoms with Crippen molar-refractivity contribution in [3.63, 3.8) is 0 Å². The number of halogens is 2. The van der Waals surface area contributed by atoms with Crippen molar-refractivity contribution >= 4 is 33.6 Å². The molecule has 1 amide bonds. The van der Waals surface area contributed by atoms with Crippen molar-refractivity contribution in [1.29, 1.82) is 0 Å². The van der Waals surface area contributed by atoms with Crippen molar-refractivity contribution in [2.75, 3.05) is 19.0 Å². The largest absolute Gasteiger partial charge is 0.486 e. The minimum Gasteiger partial charge on any atom is -0.486 e. The lowest BCUT2D eigenvalue weighted by Crippen LogP contribution is -2.25. The van der Waals surface area contributed by atoms with Gasteiger partial charge in [-0.15, -0.1) is 11.8 Å². The molecular formula is C17H15BrFNO3S. The van der Waals surface area contributed by atoms with Gasteiger partial charge in [-0.25, -0.2) is 4.39 Å². The van der Waals surface area contributed by atoms with Crippen LogP contribution in [-0.2, 0) is 11.3 Å². The Hall–Kier alpha value is -1.73. The van der Waals surface area contributed by atoms with E-state index in [0.29, 0.717) is 24.5 Å². The zero-order chi connectivity index (χ0) is 16.9. The van der Waals surface area contributed by atoms with Gasteiger partial charge in [0.1, 0.15) is 19.0 Å². The number of benzene rings is 2. The van der Waals surface area contributed by atoms with Gasteiger partial charge < -0.3 is 14.8 Å². The summed E-state index contributed by atoms with van der Waals surface area (Å²) in [6, 6.07) is 10.2. The molecule has 7 heteroatoms. The van der Waals surface area contributed by atoms with Gasteiger partial charge in [0.15, 0.2) is 11.5 Å². The predicted octanol–water partition coefficient (Wildman–Crippen LogP) is 3.77. The van der Waals surface area contributed by atoms with Gasteiger partial charge in [0.05, 0.1) is 5.75 Å². The number of thioether (sulfide) groups is 1. The maximum atomic E-state index is 13.6. The van der Waals surface area contributed by atoms with Crippen molar-refractivity contribution in [2.24, 2.45) is 0 Å². The van der Waals surface area contributed by atoms with Gasteiger partial charge in [-0.3, -0.25) is 4.79 Å². The van der Waals surface area contributed by atoms with Gasteiger partial charge in [0, 0.05) is 21.5 Å². The summed E-state index contributed by atoms with van der Waals surface area (Å²) in [5.41, 5.74) is 0.446. The lowest BCUT2D eigenvalue weighted by atomic mass is 10.2. The fourth-order valence-electron chi connectivity index (χ4n) is 2.19. The van der Waals surface area contributed by atoms with Crippen LogP contribution in [0.2, 0.25) is 0 Å². The highest BCUT2D eigenvalue weighted by Crippen LogP contribution is 2.34. The first-order valence-electron chi connectivity index (χ1n) is 7.35. The van der Waals surface area contributed by atoms with Crippen molar-refractivity contribution in [3.05, 3.63) is 52.3 Å². The van der Waals surface area contributed by atoms with Gasteiger partial charge in [0.25, 0.3) is 0 Å².